The molecule has 0 fully saturated rings. The van der Waals surface area contributed by atoms with Gasteiger partial charge >= 0.3 is 11.9 Å². The van der Waals surface area contributed by atoms with Gasteiger partial charge in [0.05, 0.1) is 5.92 Å². The van der Waals surface area contributed by atoms with E-state index < -0.39 is 23.9 Å². The molecular weight excluding hydrogens is 174 g/mol. The third kappa shape index (κ3) is 4.13. The van der Waals surface area contributed by atoms with Gasteiger partial charge in [-0.05, 0) is 6.42 Å². The van der Waals surface area contributed by atoms with Gasteiger partial charge in [-0.1, -0.05) is 0 Å². The molecule has 0 saturated heterocycles. The summed E-state index contributed by atoms with van der Waals surface area (Å²) in [5.41, 5.74) is 5.15. The summed E-state index contributed by atoms with van der Waals surface area (Å²) in [7, 11) is 0. The molecule has 0 spiro atoms. The van der Waals surface area contributed by atoms with Gasteiger partial charge in [0.2, 0.25) is 0 Å². The SMILES string of the molecule is C#CC[C@H](C[C@@H](N)C(=O)O)C(=O)O. The maximum Gasteiger partial charge on any atom is 0.320 e. The maximum atomic E-state index is 10.5. The lowest BCUT2D eigenvalue weighted by atomic mass is 9.97. The van der Waals surface area contributed by atoms with Gasteiger partial charge in [0.15, 0.2) is 0 Å². The lowest BCUT2D eigenvalue weighted by molar-refractivity contribution is -0.143. The highest BCUT2D eigenvalue weighted by atomic mass is 16.4. The Morgan fingerprint density at radius 1 is 1.38 bits per heavy atom. The second kappa shape index (κ2) is 5.17. The summed E-state index contributed by atoms with van der Waals surface area (Å²) in [5, 5.41) is 17.0. The van der Waals surface area contributed by atoms with Crippen molar-refractivity contribution in [3.8, 4) is 12.3 Å². The molecule has 72 valence electrons. The highest BCUT2D eigenvalue weighted by Crippen LogP contribution is 2.10. The van der Waals surface area contributed by atoms with E-state index in [1.807, 2.05) is 0 Å². The van der Waals surface area contributed by atoms with Crippen LogP contribution in [0.25, 0.3) is 0 Å². The summed E-state index contributed by atoms with van der Waals surface area (Å²) in [6.07, 6.45) is 4.77. The smallest absolute Gasteiger partial charge is 0.320 e. The van der Waals surface area contributed by atoms with Crippen LogP contribution in [0.1, 0.15) is 12.8 Å². The van der Waals surface area contributed by atoms with Crippen LogP contribution in [0.4, 0.5) is 0 Å². The lowest BCUT2D eigenvalue weighted by Gasteiger charge is -2.11. The molecule has 0 amide bonds. The summed E-state index contributed by atoms with van der Waals surface area (Å²) in [4.78, 5) is 20.8. The first-order valence-corrected chi connectivity index (χ1v) is 3.63. The van der Waals surface area contributed by atoms with E-state index in [4.69, 9.17) is 22.4 Å². The minimum Gasteiger partial charge on any atom is -0.481 e. The number of hydrogen-bond donors (Lipinski definition) is 3. The molecule has 0 unspecified atom stereocenters. The Hall–Kier alpha value is -1.54. The number of carboxylic acid groups (broad SMARTS) is 2. The minimum absolute atomic E-state index is 0.00366. The van der Waals surface area contributed by atoms with E-state index in [1.54, 1.807) is 0 Å². The van der Waals surface area contributed by atoms with Crippen LogP contribution in [-0.4, -0.2) is 28.2 Å². The normalized spacial score (nSPS) is 14.2. The van der Waals surface area contributed by atoms with Crippen molar-refractivity contribution in [2.75, 3.05) is 0 Å². The summed E-state index contributed by atoms with van der Waals surface area (Å²) in [6, 6.07) is -1.17. The lowest BCUT2D eigenvalue weighted by Crippen LogP contribution is -2.34. The van der Waals surface area contributed by atoms with E-state index in [1.165, 1.54) is 0 Å². The molecule has 0 heterocycles. The van der Waals surface area contributed by atoms with Gasteiger partial charge in [0, 0.05) is 6.42 Å². The number of terminal acetylenes is 1. The highest BCUT2D eigenvalue weighted by molar-refractivity contribution is 5.75. The Kier molecular flexibility index (Phi) is 4.55. The minimum atomic E-state index is -1.22. The zero-order valence-electron chi connectivity index (χ0n) is 6.93. The zero-order valence-corrected chi connectivity index (χ0v) is 6.93. The number of carbonyl (C=O) groups is 2. The molecule has 5 heteroatoms. The Labute approximate surface area is 75.5 Å². The monoisotopic (exact) mass is 185 g/mol. The number of rotatable bonds is 5. The topological polar surface area (TPSA) is 101 Å². The highest BCUT2D eigenvalue weighted by Gasteiger charge is 2.23. The summed E-state index contributed by atoms with van der Waals surface area (Å²) >= 11 is 0. The van der Waals surface area contributed by atoms with Gasteiger partial charge in [-0.25, -0.2) is 0 Å². The van der Waals surface area contributed by atoms with Crippen LogP contribution in [0.3, 0.4) is 0 Å². The second-order valence-electron chi connectivity index (χ2n) is 2.62. The molecule has 0 aliphatic carbocycles. The molecule has 0 aromatic carbocycles. The largest absolute Gasteiger partial charge is 0.481 e. The third-order valence-electron chi connectivity index (χ3n) is 1.57. The Balaban J connectivity index is 4.19. The molecule has 0 aliphatic heterocycles. The molecule has 0 radical (unpaired) electrons. The van der Waals surface area contributed by atoms with Crippen LogP contribution in [0.15, 0.2) is 0 Å². The summed E-state index contributed by atoms with van der Waals surface area (Å²) < 4.78 is 0. The second-order valence-corrected chi connectivity index (χ2v) is 2.62. The predicted octanol–water partition coefficient (Wildman–Crippen LogP) is -0.487. The van der Waals surface area contributed by atoms with Gasteiger partial charge in [-0.3, -0.25) is 9.59 Å². The quantitative estimate of drug-likeness (QED) is 0.502. The van der Waals surface area contributed by atoms with Crippen LogP contribution >= 0.6 is 0 Å². The number of carboxylic acids is 2. The summed E-state index contributed by atoms with van der Waals surface area (Å²) in [5.74, 6) is -1.05. The van der Waals surface area contributed by atoms with E-state index in [0.717, 1.165) is 0 Å². The van der Waals surface area contributed by atoms with Crippen LogP contribution in [0.2, 0.25) is 0 Å². The van der Waals surface area contributed by atoms with Crippen LogP contribution in [-0.2, 0) is 9.59 Å². The molecule has 4 N–H and O–H groups in total. The first-order chi connectivity index (χ1) is 5.99. The molecule has 0 aliphatic rings. The molecule has 0 rings (SSSR count). The van der Waals surface area contributed by atoms with E-state index in [-0.39, 0.29) is 12.8 Å². The van der Waals surface area contributed by atoms with Crippen LogP contribution in [0, 0.1) is 18.3 Å². The predicted molar refractivity (Wildman–Crippen MR) is 44.8 cm³/mol. The average Bonchev–Trinajstić information content (AvgIpc) is 2.03. The third-order valence-corrected chi connectivity index (χ3v) is 1.57. The van der Waals surface area contributed by atoms with E-state index in [9.17, 15) is 9.59 Å². The molecule has 13 heavy (non-hydrogen) atoms. The van der Waals surface area contributed by atoms with E-state index >= 15 is 0 Å². The van der Waals surface area contributed by atoms with Crippen LogP contribution < -0.4 is 5.73 Å². The molecule has 0 aromatic heterocycles. The van der Waals surface area contributed by atoms with Gasteiger partial charge in [-0.15, -0.1) is 12.3 Å². The molecule has 2 atom stereocenters. The fourth-order valence-electron chi connectivity index (χ4n) is 0.821. The van der Waals surface area contributed by atoms with E-state index in [0.29, 0.717) is 0 Å². The Morgan fingerprint density at radius 3 is 2.23 bits per heavy atom. The molecule has 0 saturated carbocycles. The molecule has 0 bridgehead atoms. The van der Waals surface area contributed by atoms with Crippen molar-refractivity contribution in [3.05, 3.63) is 0 Å². The Bertz CT molecular complexity index is 243. The zero-order chi connectivity index (χ0) is 10.4. The summed E-state index contributed by atoms with van der Waals surface area (Å²) in [6.45, 7) is 0. The van der Waals surface area contributed by atoms with Crippen molar-refractivity contribution >= 4 is 11.9 Å². The number of nitrogens with two attached hydrogens (primary N) is 1. The molecule has 0 aromatic rings. The van der Waals surface area contributed by atoms with Gasteiger partial charge in [0.25, 0.3) is 0 Å². The molecular formula is C8H11NO4. The van der Waals surface area contributed by atoms with Crippen LogP contribution in [0.5, 0.6) is 0 Å². The first-order valence-electron chi connectivity index (χ1n) is 3.63. The number of aliphatic carboxylic acids is 2. The maximum absolute atomic E-state index is 10.5. The van der Waals surface area contributed by atoms with Gasteiger partial charge < -0.3 is 15.9 Å². The van der Waals surface area contributed by atoms with Crippen molar-refractivity contribution in [2.24, 2.45) is 11.7 Å². The van der Waals surface area contributed by atoms with Crippen molar-refractivity contribution < 1.29 is 19.8 Å². The fourth-order valence-corrected chi connectivity index (χ4v) is 0.821. The fraction of sp³-hybridized carbons (Fsp3) is 0.500. The van der Waals surface area contributed by atoms with Gasteiger partial charge in [0.1, 0.15) is 6.04 Å². The standard InChI is InChI=1S/C8H11NO4/c1-2-3-5(7(10)11)4-6(9)8(12)13/h1,5-6H,3-4,9H2,(H,10,11)(H,12,13)/t5-,6-/m1/s1. The van der Waals surface area contributed by atoms with Crippen molar-refractivity contribution in [2.45, 2.75) is 18.9 Å². The van der Waals surface area contributed by atoms with Crippen molar-refractivity contribution in [3.63, 3.8) is 0 Å². The first kappa shape index (κ1) is 11.5. The molecule has 5 nitrogen and oxygen atoms in total. The Morgan fingerprint density at radius 2 is 1.92 bits per heavy atom. The average molecular weight is 185 g/mol. The van der Waals surface area contributed by atoms with Crippen molar-refractivity contribution in [1.29, 1.82) is 0 Å². The number of hydrogen-bond acceptors (Lipinski definition) is 3. The van der Waals surface area contributed by atoms with Crippen molar-refractivity contribution in [1.82, 2.24) is 0 Å². The van der Waals surface area contributed by atoms with E-state index in [2.05, 4.69) is 5.92 Å². The van der Waals surface area contributed by atoms with Gasteiger partial charge in [-0.2, -0.15) is 0 Å².